The molecule has 0 saturated carbocycles. The Bertz CT molecular complexity index is 484. The molecule has 1 aromatic carbocycles. The van der Waals surface area contributed by atoms with Crippen molar-refractivity contribution in [3.63, 3.8) is 0 Å². The molecule has 2 unspecified atom stereocenters. The predicted molar refractivity (Wildman–Crippen MR) is 70.6 cm³/mol. The topological polar surface area (TPSA) is 73.6 Å². The van der Waals surface area contributed by atoms with Gasteiger partial charge in [-0.2, -0.15) is 0 Å². The fourth-order valence-electron chi connectivity index (χ4n) is 2.69. The maximum atomic E-state index is 12.1. The van der Waals surface area contributed by atoms with Crippen LogP contribution in [0.25, 0.3) is 0 Å². The van der Waals surface area contributed by atoms with Gasteiger partial charge in [-0.1, -0.05) is 6.07 Å². The lowest BCUT2D eigenvalue weighted by atomic mass is 10.1. The second kappa shape index (κ2) is 5.19. The van der Waals surface area contributed by atoms with Crippen LogP contribution in [-0.2, 0) is 20.7 Å². The zero-order valence-electron chi connectivity index (χ0n) is 10.7. The van der Waals surface area contributed by atoms with Gasteiger partial charge in [-0.15, -0.1) is 0 Å². The molecule has 0 aromatic heterocycles. The van der Waals surface area contributed by atoms with Gasteiger partial charge in [0.05, 0.1) is 25.9 Å². The fraction of sp³-hybridized carbons (Fsp3) is 0.500. The third-order valence-electron chi connectivity index (χ3n) is 3.67. The van der Waals surface area contributed by atoms with Crippen molar-refractivity contribution in [1.29, 1.82) is 0 Å². The van der Waals surface area contributed by atoms with E-state index in [0.29, 0.717) is 19.8 Å². The minimum absolute atomic E-state index is 0.0635. The summed E-state index contributed by atoms with van der Waals surface area (Å²) in [6.07, 6.45) is 1.39. The molecule has 1 heterocycles. The zero-order chi connectivity index (χ0) is 13.2. The number of ether oxygens (including phenoxy) is 2. The highest BCUT2D eigenvalue weighted by Gasteiger charge is 2.28. The number of nitrogens with two attached hydrogens (primary N) is 1. The zero-order valence-corrected chi connectivity index (χ0v) is 10.7. The Morgan fingerprint density at radius 2 is 2.26 bits per heavy atom. The summed E-state index contributed by atoms with van der Waals surface area (Å²) in [6.45, 7) is 1.39. The van der Waals surface area contributed by atoms with Crippen LogP contribution in [0.15, 0.2) is 18.2 Å². The van der Waals surface area contributed by atoms with E-state index >= 15 is 0 Å². The van der Waals surface area contributed by atoms with Gasteiger partial charge in [-0.25, -0.2) is 0 Å². The van der Waals surface area contributed by atoms with Crippen molar-refractivity contribution >= 4 is 11.6 Å². The second-order valence-electron chi connectivity index (χ2n) is 4.99. The Morgan fingerprint density at radius 1 is 1.37 bits per heavy atom. The first-order valence-electron chi connectivity index (χ1n) is 6.62. The van der Waals surface area contributed by atoms with Gasteiger partial charge in [-0.3, -0.25) is 4.79 Å². The number of carbonyl (C=O) groups excluding carboxylic acids is 1. The molecule has 1 saturated heterocycles. The monoisotopic (exact) mass is 262 g/mol. The molecule has 3 N–H and O–H groups in total. The molecule has 1 amide bonds. The van der Waals surface area contributed by atoms with Gasteiger partial charge in [-0.05, 0) is 36.1 Å². The van der Waals surface area contributed by atoms with Gasteiger partial charge in [0, 0.05) is 5.69 Å². The average Bonchev–Trinajstić information content (AvgIpc) is 2.82. The largest absolute Gasteiger partial charge is 0.399 e. The second-order valence-corrected chi connectivity index (χ2v) is 4.99. The predicted octanol–water partition coefficient (Wildman–Crippen LogP) is 0.788. The molecule has 1 aliphatic carbocycles. The number of nitrogens with one attached hydrogen (secondary N) is 1. The van der Waals surface area contributed by atoms with Gasteiger partial charge in [0.1, 0.15) is 0 Å². The quantitative estimate of drug-likeness (QED) is 0.773. The van der Waals surface area contributed by atoms with E-state index in [0.717, 1.165) is 18.5 Å². The Balaban J connectivity index is 1.67. The summed E-state index contributed by atoms with van der Waals surface area (Å²) in [4.78, 5) is 12.1. The van der Waals surface area contributed by atoms with Crippen molar-refractivity contribution in [1.82, 2.24) is 5.32 Å². The van der Waals surface area contributed by atoms with Gasteiger partial charge < -0.3 is 20.5 Å². The minimum atomic E-state index is -0.480. The van der Waals surface area contributed by atoms with E-state index in [1.165, 1.54) is 11.1 Å². The highest BCUT2D eigenvalue weighted by atomic mass is 16.6. The number of anilines is 1. The van der Waals surface area contributed by atoms with Crippen LogP contribution in [-0.4, -0.2) is 31.8 Å². The van der Waals surface area contributed by atoms with Crippen molar-refractivity contribution in [2.24, 2.45) is 0 Å². The van der Waals surface area contributed by atoms with Gasteiger partial charge in [0.2, 0.25) is 0 Å². The maximum absolute atomic E-state index is 12.1. The first-order chi connectivity index (χ1) is 9.24. The SMILES string of the molecule is Nc1ccc2c(c1)CCC2NC(=O)C1COCCO1. The lowest BCUT2D eigenvalue weighted by Crippen LogP contribution is -2.43. The van der Waals surface area contributed by atoms with Crippen molar-refractivity contribution in [2.45, 2.75) is 25.0 Å². The van der Waals surface area contributed by atoms with Crippen molar-refractivity contribution in [3.8, 4) is 0 Å². The number of fused-ring (bicyclic) bond motifs is 1. The summed E-state index contributed by atoms with van der Waals surface area (Å²) >= 11 is 0. The van der Waals surface area contributed by atoms with E-state index in [4.69, 9.17) is 15.2 Å². The molecule has 3 rings (SSSR count). The van der Waals surface area contributed by atoms with Crippen LogP contribution in [0, 0.1) is 0 Å². The van der Waals surface area contributed by atoms with E-state index in [2.05, 4.69) is 5.32 Å². The smallest absolute Gasteiger partial charge is 0.252 e. The minimum Gasteiger partial charge on any atom is -0.399 e. The van der Waals surface area contributed by atoms with E-state index in [1.54, 1.807) is 0 Å². The number of hydrogen-bond acceptors (Lipinski definition) is 4. The molecule has 102 valence electrons. The first-order valence-corrected chi connectivity index (χ1v) is 6.62. The number of aryl methyl sites for hydroxylation is 1. The lowest BCUT2D eigenvalue weighted by molar-refractivity contribution is -0.148. The highest BCUT2D eigenvalue weighted by molar-refractivity contribution is 5.81. The van der Waals surface area contributed by atoms with Crippen LogP contribution >= 0.6 is 0 Å². The Labute approximate surface area is 112 Å². The van der Waals surface area contributed by atoms with Crippen LogP contribution < -0.4 is 11.1 Å². The van der Waals surface area contributed by atoms with Crippen LogP contribution in [0.3, 0.4) is 0 Å². The molecule has 2 atom stereocenters. The van der Waals surface area contributed by atoms with Crippen LogP contribution in [0.1, 0.15) is 23.6 Å². The molecule has 5 heteroatoms. The number of hydrogen-bond donors (Lipinski definition) is 2. The lowest BCUT2D eigenvalue weighted by Gasteiger charge is -2.24. The third-order valence-corrected chi connectivity index (χ3v) is 3.67. The van der Waals surface area contributed by atoms with Crippen molar-refractivity contribution in [3.05, 3.63) is 29.3 Å². The van der Waals surface area contributed by atoms with Crippen molar-refractivity contribution < 1.29 is 14.3 Å². The van der Waals surface area contributed by atoms with E-state index in [1.807, 2.05) is 18.2 Å². The molecule has 2 aliphatic rings. The third kappa shape index (κ3) is 2.57. The number of carbonyl (C=O) groups is 1. The van der Waals surface area contributed by atoms with E-state index in [-0.39, 0.29) is 11.9 Å². The molecule has 1 aliphatic heterocycles. The highest BCUT2D eigenvalue weighted by Crippen LogP contribution is 2.32. The maximum Gasteiger partial charge on any atom is 0.252 e. The molecular formula is C14H18N2O3. The first kappa shape index (κ1) is 12.4. The van der Waals surface area contributed by atoms with E-state index in [9.17, 15) is 4.79 Å². The summed E-state index contributed by atoms with van der Waals surface area (Å²) in [6, 6.07) is 5.93. The Hall–Kier alpha value is -1.59. The van der Waals surface area contributed by atoms with Crippen molar-refractivity contribution in [2.75, 3.05) is 25.6 Å². The summed E-state index contributed by atoms with van der Waals surface area (Å²) < 4.78 is 10.7. The number of rotatable bonds is 2. The number of nitrogen functional groups attached to an aromatic ring is 1. The van der Waals surface area contributed by atoms with Gasteiger partial charge >= 0.3 is 0 Å². The molecule has 19 heavy (non-hydrogen) atoms. The van der Waals surface area contributed by atoms with E-state index < -0.39 is 6.10 Å². The van der Waals surface area contributed by atoms with Gasteiger partial charge in [0.15, 0.2) is 6.10 Å². The molecule has 0 radical (unpaired) electrons. The average molecular weight is 262 g/mol. The van der Waals surface area contributed by atoms with Crippen LogP contribution in [0.5, 0.6) is 0 Å². The fourth-order valence-corrected chi connectivity index (χ4v) is 2.69. The Morgan fingerprint density at radius 3 is 3.05 bits per heavy atom. The summed E-state index contributed by atoms with van der Waals surface area (Å²) in [5.74, 6) is -0.0885. The number of benzene rings is 1. The van der Waals surface area contributed by atoms with Crippen LogP contribution in [0.2, 0.25) is 0 Å². The molecule has 1 aromatic rings. The molecular weight excluding hydrogens is 244 g/mol. The number of amides is 1. The van der Waals surface area contributed by atoms with Gasteiger partial charge in [0.25, 0.3) is 5.91 Å². The summed E-state index contributed by atoms with van der Waals surface area (Å²) in [7, 11) is 0. The Kier molecular flexibility index (Phi) is 3.40. The normalized spacial score (nSPS) is 25.9. The molecule has 5 nitrogen and oxygen atoms in total. The summed E-state index contributed by atoms with van der Waals surface area (Å²) in [5, 5.41) is 3.04. The molecule has 0 bridgehead atoms. The van der Waals surface area contributed by atoms with Crippen LogP contribution in [0.4, 0.5) is 5.69 Å². The summed E-state index contributed by atoms with van der Waals surface area (Å²) in [5.41, 5.74) is 8.94. The molecule has 0 spiro atoms. The standard InChI is InChI=1S/C14H18N2O3/c15-10-2-3-11-9(7-10)1-4-12(11)16-14(17)13-8-18-5-6-19-13/h2-3,7,12-13H,1,4-6,8,15H2,(H,16,17). The molecule has 1 fully saturated rings.